The van der Waals surface area contributed by atoms with Crippen molar-refractivity contribution >= 4 is 17.3 Å². The molecule has 0 aromatic heterocycles. The van der Waals surface area contributed by atoms with Crippen molar-refractivity contribution in [1.29, 1.82) is 0 Å². The largest absolute Gasteiger partial charge is 0.399 e. The monoisotopic (exact) mass is 266 g/mol. The van der Waals surface area contributed by atoms with Crippen molar-refractivity contribution in [3.8, 4) is 0 Å². The summed E-state index contributed by atoms with van der Waals surface area (Å²) in [6, 6.07) is 5.36. The van der Waals surface area contributed by atoms with Crippen molar-refractivity contribution in [2.24, 2.45) is 0 Å². The maximum absolute atomic E-state index is 11.9. The number of carbonyl (C=O) groups excluding carboxylic acids is 1. The Bertz CT molecular complexity index is 421. The molecule has 0 heterocycles. The van der Waals surface area contributed by atoms with Gasteiger partial charge in [0.25, 0.3) is 5.91 Å². The lowest BCUT2D eigenvalue weighted by molar-refractivity contribution is -0.127. The summed E-state index contributed by atoms with van der Waals surface area (Å²) < 4.78 is 10.5. The number of aryl methyl sites for hydroxylation is 1. The molecule has 106 valence electrons. The highest BCUT2D eigenvalue weighted by Crippen LogP contribution is 2.17. The van der Waals surface area contributed by atoms with E-state index in [2.05, 4.69) is 5.32 Å². The number of carbonyl (C=O) groups is 1. The van der Waals surface area contributed by atoms with Gasteiger partial charge in [-0.15, -0.1) is 0 Å². The van der Waals surface area contributed by atoms with Crippen molar-refractivity contribution in [3.63, 3.8) is 0 Å². The maximum Gasteiger partial charge on any atom is 0.253 e. The maximum atomic E-state index is 11.9. The van der Waals surface area contributed by atoms with E-state index in [0.717, 1.165) is 11.3 Å². The van der Waals surface area contributed by atoms with E-state index in [-0.39, 0.29) is 5.91 Å². The normalized spacial score (nSPS) is 12.2. The van der Waals surface area contributed by atoms with Crippen molar-refractivity contribution < 1.29 is 14.3 Å². The summed E-state index contributed by atoms with van der Waals surface area (Å²) in [6.07, 6.45) is -0.516. The van der Waals surface area contributed by atoms with Crippen LogP contribution in [-0.2, 0) is 14.3 Å². The third kappa shape index (κ3) is 5.28. The molecule has 1 atom stereocenters. The number of hydrogen-bond donors (Lipinski definition) is 2. The number of benzene rings is 1. The molecule has 3 N–H and O–H groups in total. The van der Waals surface area contributed by atoms with Gasteiger partial charge in [0.15, 0.2) is 0 Å². The summed E-state index contributed by atoms with van der Waals surface area (Å²) in [7, 11) is 0. The Morgan fingerprint density at radius 1 is 1.42 bits per heavy atom. The molecular weight excluding hydrogens is 244 g/mol. The number of nitrogens with two attached hydrogens (primary N) is 1. The third-order valence-electron chi connectivity index (χ3n) is 2.68. The van der Waals surface area contributed by atoms with Crippen LogP contribution >= 0.6 is 0 Å². The Kier molecular flexibility index (Phi) is 6.32. The molecule has 1 unspecified atom stereocenters. The molecule has 0 aliphatic rings. The minimum atomic E-state index is -0.516. The van der Waals surface area contributed by atoms with Gasteiger partial charge in [-0.25, -0.2) is 0 Å². The minimum absolute atomic E-state index is 0.177. The van der Waals surface area contributed by atoms with E-state index in [1.54, 1.807) is 19.1 Å². The predicted molar refractivity (Wildman–Crippen MR) is 76.1 cm³/mol. The molecule has 0 aliphatic carbocycles. The van der Waals surface area contributed by atoms with Crippen LogP contribution < -0.4 is 11.1 Å². The molecule has 0 spiro atoms. The van der Waals surface area contributed by atoms with E-state index in [0.29, 0.717) is 25.5 Å². The van der Waals surface area contributed by atoms with Gasteiger partial charge in [0.05, 0.1) is 13.2 Å². The van der Waals surface area contributed by atoms with Gasteiger partial charge in [-0.05, 0) is 44.5 Å². The number of nitrogen functional groups attached to an aromatic ring is 1. The van der Waals surface area contributed by atoms with Crippen LogP contribution in [0.25, 0.3) is 0 Å². The smallest absolute Gasteiger partial charge is 0.253 e. The fraction of sp³-hybridized carbons (Fsp3) is 0.500. The van der Waals surface area contributed by atoms with Crippen LogP contribution in [0.15, 0.2) is 18.2 Å². The lowest BCUT2D eigenvalue weighted by Gasteiger charge is -2.14. The van der Waals surface area contributed by atoms with Crippen LogP contribution in [0.3, 0.4) is 0 Å². The van der Waals surface area contributed by atoms with Gasteiger partial charge in [-0.3, -0.25) is 4.79 Å². The first-order valence-electron chi connectivity index (χ1n) is 6.41. The summed E-state index contributed by atoms with van der Waals surface area (Å²) in [5, 5.41) is 2.82. The first-order chi connectivity index (χ1) is 9.04. The molecule has 1 amide bonds. The quantitative estimate of drug-likeness (QED) is 0.584. The van der Waals surface area contributed by atoms with Gasteiger partial charge >= 0.3 is 0 Å². The lowest BCUT2D eigenvalue weighted by Crippen LogP contribution is -2.29. The molecule has 0 bridgehead atoms. The summed E-state index contributed by atoms with van der Waals surface area (Å²) in [5.41, 5.74) is 8.01. The van der Waals surface area contributed by atoms with Gasteiger partial charge in [0.2, 0.25) is 0 Å². The SMILES string of the molecule is CCOCCOC(C)C(=O)Nc1ccc(N)cc1C. The van der Waals surface area contributed by atoms with Crippen LogP contribution in [0.4, 0.5) is 11.4 Å². The average molecular weight is 266 g/mol. The van der Waals surface area contributed by atoms with E-state index in [4.69, 9.17) is 15.2 Å². The molecule has 0 aliphatic heterocycles. The molecule has 0 fully saturated rings. The lowest BCUT2D eigenvalue weighted by atomic mass is 10.1. The second-order valence-electron chi connectivity index (χ2n) is 4.27. The zero-order chi connectivity index (χ0) is 14.3. The topological polar surface area (TPSA) is 73.6 Å². The second kappa shape index (κ2) is 7.76. The van der Waals surface area contributed by atoms with Crippen LogP contribution in [-0.4, -0.2) is 31.8 Å². The molecule has 1 aromatic carbocycles. The number of amides is 1. The van der Waals surface area contributed by atoms with Crippen molar-refractivity contribution in [1.82, 2.24) is 0 Å². The Labute approximate surface area is 114 Å². The number of hydrogen-bond acceptors (Lipinski definition) is 4. The summed E-state index contributed by atoms with van der Waals surface area (Å²) >= 11 is 0. The highest BCUT2D eigenvalue weighted by molar-refractivity contribution is 5.94. The fourth-order valence-electron chi connectivity index (χ4n) is 1.57. The Hall–Kier alpha value is -1.59. The number of nitrogens with one attached hydrogen (secondary N) is 1. The fourth-order valence-corrected chi connectivity index (χ4v) is 1.57. The van der Waals surface area contributed by atoms with Crippen LogP contribution in [0, 0.1) is 6.92 Å². The Balaban J connectivity index is 2.45. The zero-order valence-corrected chi connectivity index (χ0v) is 11.7. The van der Waals surface area contributed by atoms with E-state index >= 15 is 0 Å². The molecular formula is C14H22N2O3. The first-order valence-corrected chi connectivity index (χ1v) is 6.41. The zero-order valence-electron chi connectivity index (χ0n) is 11.7. The summed E-state index contributed by atoms with van der Waals surface area (Å²) in [5.74, 6) is -0.177. The Morgan fingerprint density at radius 2 is 2.16 bits per heavy atom. The van der Waals surface area contributed by atoms with Crippen molar-refractivity contribution in [3.05, 3.63) is 23.8 Å². The molecule has 0 saturated carbocycles. The van der Waals surface area contributed by atoms with Crippen LogP contribution in [0.5, 0.6) is 0 Å². The molecule has 19 heavy (non-hydrogen) atoms. The molecule has 1 aromatic rings. The van der Waals surface area contributed by atoms with Gasteiger partial charge in [0, 0.05) is 18.0 Å². The number of anilines is 2. The second-order valence-corrected chi connectivity index (χ2v) is 4.27. The van der Waals surface area contributed by atoms with Gasteiger partial charge in [-0.2, -0.15) is 0 Å². The highest BCUT2D eigenvalue weighted by atomic mass is 16.5. The minimum Gasteiger partial charge on any atom is -0.399 e. The van der Waals surface area contributed by atoms with Crippen LogP contribution in [0.1, 0.15) is 19.4 Å². The molecule has 5 heteroatoms. The van der Waals surface area contributed by atoms with E-state index in [9.17, 15) is 4.79 Å². The van der Waals surface area contributed by atoms with Crippen molar-refractivity contribution in [2.45, 2.75) is 26.9 Å². The molecule has 1 rings (SSSR count). The van der Waals surface area contributed by atoms with E-state index in [1.165, 1.54) is 0 Å². The summed E-state index contributed by atoms with van der Waals surface area (Å²) in [4.78, 5) is 11.9. The summed E-state index contributed by atoms with van der Waals surface area (Å²) in [6.45, 7) is 7.08. The van der Waals surface area contributed by atoms with Gasteiger partial charge in [0.1, 0.15) is 6.10 Å². The molecule has 0 radical (unpaired) electrons. The number of rotatable bonds is 7. The van der Waals surface area contributed by atoms with Gasteiger partial charge in [-0.1, -0.05) is 0 Å². The van der Waals surface area contributed by atoms with Gasteiger partial charge < -0.3 is 20.5 Å². The van der Waals surface area contributed by atoms with E-state index < -0.39 is 6.10 Å². The van der Waals surface area contributed by atoms with Crippen molar-refractivity contribution in [2.75, 3.05) is 30.9 Å². The standard InChI is InChI=1S/C14H22N2O3/c1-4-18-7-8-19-11(3)14(17)16-13-6-5-12(15)9-10(13)2/h5-6,9,11H,4,7-8,15H2,1-3H3,(H,16,17). The van der Waals surface area contributed by atoms with E-state index in [1.807, 2.05) is 19.9 Å². The average Bonchev–Trinajstić information content (AvgIpc) is 2.37. The molecule has 0 saturated heterocycles. The number of ether oxygens (including phenoxy) is 2. The molecule has 5 nitrogen and oxygen atoms in total. The van der Waals surface area contributed by atoms with Crippen LogP contribution in [0.2, 0.25) is 0 Å². The predicted octanol–water partition coefficient (Wildman–Crippen LogP) is 1.96. The Morgan fingerprint density at radius 3 is 2.79 bits per heavy atom. The first kappa shape index (κ1) is 15.5. The third-order valence-corrected chi connectivity index (χ3v) is 2.68. The highest BCUT2D eigenvalue weighted by Gasteiger charge is 2.14.